The Morgan fingerprint density at radius 1 is 1.17 bits per heavy atom. The summed E-state index contributed by atoms with van der Waals surface area (Å²) in [5, 5.41) is 0. The Balaban J connectivity index is 2.11. The maximum absolute atomic E-state index is 12.8. The van der Waals surface area contributed by atoms with Crippen molar-refractivity contribution in [1.29, 1.82) is 0 Å². The Hall–Kier alpha value is -1.76. The van der Waals surface area contributed by atoms with E-state index in [2.05, 4.69) is 0 Å². The van der Waals surface area contributed by atoms with E-state index in [4.69, 9.17) is 9.47 Å². The number of hydrogen-bond donors (Lipinski definition) is 0. The number of amides is 1. The minimum absolute atomic E-state index is 0.119. The molecule has 1 aliphatic rings. The molecule has 0 aromatic heterocycles. The quantitative estimate of drug-likeness (QED) is 0.813. The molecule has 1 fully saturated rings. The molecule has 0 unspecified atom stereocenters. The summed E-state index contributed by atoms with van der Waals surface area (Å²) >= 11 is 0. The van der Waals surface area contributed by atoms with Gasteiger partial charge in [0.05, 0.1) is 20.0 Å². The number of ether oxygens (including phenoxy) is 2. The first-order valence-electron chi connectivity index (χ1n) is 7.53. The molecule has 7 heteroatoms. The Bertz CT molecular complexity index is 641. The van der Waals surface area contributed by atoms with E-state index in [1.54, 1.807) is 23.1 Å². The second-order valence-corrected chi connectivity index (χ2v) is 8.05. The highest BCUT2D eigenvalue weighted by atomic mass is 32.2. The molecule has 0 N–H and O–H groups in total. The van der Waals surface area contributed by atoms with Crippen LogP contribution in [0.2, 0.25) is 0 Å². The van der Waals surface area contributed by atoms with Gasteiger partial charge in [-0.25, -0.2) is 8.42 Å². The fourth-order valence-electron chi connectivity index (χ4n) is 2.95. The number of likely N-dealkylation sites (tertiary alicyclic amines) is 1. The summed E-state index contributed by atoms with van der Waals surface area (Å²) in [5.41, 5.74) is 0.416. The van der Waals surface area contributed by atoms with Crippen molar-refractivity contribution in [3.63, 3.8) is 0 Å². The number of hydrogen-bond acceptors (Lipinski definition) is 5. The summed E-state index contributed by atoms with van der Waals surface area (Å²) in [7, 11) is 0.0571. The molecule has 1 aromatic carbocycles. The van der Waals surface area contributed by atoms with Gasteiger partial charge in [-0.1, -0.05) is 6.07 Å². The first-order valence-corrected chi connectivity index (χ1v) is 9.59. The third-order valence-corrected chi connectivity index (χ3v) is 5.16. The van der Waals surface area contributed by atoms with Gasteiger partial charge < -0.3 is 14.4 Å². The van der Waals surface area contributed by atoms with E-state index >= 15 is 0 Å². The van der Waals surface area contributed by atoms with Crippen LogP contribution in [0.1, 0.15) is 23.2 Å². The predicted octanol–water partition coefficient (Wildman–Crippen LogP) is 1.60. The van der Waals surface area contributed by atoms with Gasteiger partial charge in [0.1, 0.15) is 26.9 Å². The van der Waals surface area contributed by atoms with Crippen molar-refractivity contribution in [2.24, 2.45) is 5.92 Å². The van der Waals surface area contributed by atoms with Crippen molar-refractivity contribution < 1.29 is 22.7 Å². The molecule has 0 aliphatic carbocycles. The van der Waals surface area contributed by atoms with Gasteiger partial charge in [0.15, 0.2) is 0 Å². The molecule has 0 atom stereocenters. The number of carbonyl (C=O) groups is 1. The van der Waals surface area contributed by atoms with Crippen LogP contribution in [0.15, 0.2) is 18.2 Å². The summed E-state index contributed by atoms with van der Waals surface area (Å²) in [6.45, 7) is 1.08. The zero-order chi connectivity index (χ0) is 17.0. The zero-order valence-corrected chi connectivity index (χ0v) is 14.6. The van der Waals surface area contributed by atoms with Crippen molar-refractivity contribution in [1.82, 2.24) is 4.90 Å². The van der Waals surface area contributed by atoms with Gasteiger partial charge >= 0.3 is 0 Å². The highest BCUT2D eigenvalue weighted by molar-refractivity contribution is 7.90. The van der Waals surface area contributed by atoms with E-state index in [9.17, 15) is 13.2 Å². The van der Waals surface area contributed by atoms with E-state index in [1.807, 2.05) is 0 Å². The number of piperidine rings is 1. The monoisotopic (exact) mass is 341 g/mol. The number of rotatable bonds is 5. The maximum atomic E-state index is 12.8. The van der Waals surface area contributed by atoms with Crippen LogP contribution in [0.5, 0.6) is 11.5 Å². The molecular formula is C16H23NO5S. The summed E-state index contributed by atoms with van der Waals surface area (Å²) in [5.74, 6) is 1.12. The van der Waals surface area contributed by atoms with Crippen LogP contribution in [-0.4, -0.2) is 58.5 Å². The molecule has 128 valence electrons. The van der Waals surface area contributed by atoms with Crippen LogP contribution in [0.4, 0.5) is 0 Å². The van der Waals surface area contributed by atoms with Crippen LogP contribution in [0, 0.1) is 5.92 Å². The molecule has 1 aliphatic heterocycles. The van der Waals surface area contributed by atoms with Crippen molar-refractivity contribution >= 4 is 15.7 Å². The van der Waals surface area contributed by atoms with Gasteiger partial charge in [-0.3, -0.25) is 4.79 Å². The lowest BCUT2D eigenvalue weighted by Crippen LogP contribution is -2.40. The van der Waals surface area contributed by atoms with Crippen molar-refractivity contribution in [3.8, 4) is 11.5 Å². The number of methoxy groups -OCH3 is 2. The van der Waals surface area contributed by atoms with Gasteiger partial charge in [0.2, 0.25) is 0 Å². The van der Waals surface area contributed by atoms with Gasteiger partial charge in [-0.05, 0) is 30.9 Å². The molecule has 1 heterocycles. The first kappa shape index (κ1) is 17.6. The lowest BCUT2D eigenvalue weighted by Gasteiger charge is -2.32. The number of sulfone groups is 1. The van der Waals surface area contributed by atoms with Crippen molar-refractivity contribution in [2.45, 2.75) is 12.8 Å². The SMILES string of the molecule is COc1cccc(OC)c1C(=O)N1CCC(CS(C)(=O)=O)CC1. The van der Waals surface area contributed by atoms with Crippen LogP contribution in [0.25, 0.3) is 0 Å². The summed E-state index contributed by atoms with van der Waals surface area (Å²) < 4.78 is 33.3. The Kier molecular flexibility index (Phi) is 5.51. The van der Waals surface area contributed by atoms with Crippen molar-refractivity contribution in [2.75, 3.05) is 39.3 Å². The van der Waals surface area contributed by atoms with Gasteiger partial charge in [0, 0.05) is 19.3 Å². The second-order valence-electron chi connectivity index (χ2n) is 5.87. The third-order valence-electron chi connectivity index (χ3n) is 4.08. The van der Waals surface area contributed by atoms with Gasteiger partial charge in [-0.15, -0.1) is 0 Å². The Morgan fingerprint density at radius 3 is 2.13 bits per heavy atom. The highest BCUT2D eigenvalue weighted by Crippen LogP contribution is 2.31. The molecule has 1 aromatic rings. The standard InChI is InChI=1S/C16H23NO5S/c1-21-13-5-4-6-14(22-2)15(13)16(18)17-9-7-12(8-10-17)11-23(3,19)20/h4-6,12H,7-11H2,1-3H3. The van der Waals surface area contributed by atoms with E-state index in [0.717, 1.165) is 0 Å². The zero-order valence-electron chi connectivity index (χ0n) is 13.7. The summed E-state index contributed by atoms with van der Waals surface area (Å²) in [4.78, 5) is 14.5. The van der Waals surface area contributed by atoms with Crippen LogP contribution >= 0.6 is 0 Å². The van der Waals surface area contributed by atoms with Crippen molar-refractivity contribution in [3.05, 3.63) is 23.8 Å². The predicted molar refractivity (Wildman–Crippen MR) is 87.9 cm³/mol. The normalized spacial score (nSPS) is 16.2. The molecule has 2 rings (SSSR count). The minimum atomic E-state index is -2.98. The smallest absolute Gasteiger partial charge is 0.261 e. The van der Waals surface area contributed by atoms with E-state index < -0.39 is 9.84 Å². The largest absolute Gasteiger partial charge is 0.496 e. The number of nitrogens with zero attached hydrogens (tertiary/aromatic N) is 1. The second kappa shape index (κ2) is 7.21. The average molecular weight is 341 g/mol. The summed E-state index contributed by atoms with van der Waals surface area (Å²) in [6, 6.07) is 5.23. The molecule has 0 bridgehead atoms. The molecule has 23 heavy (non-hydrogen) atoms. The highest BCUT2D eigenvalue weighted by Gasteiger charge is 2.29. The first-order chi connectivity index (χ1) is 10.9. The van der Waals surface area contributed by atoms with Crippen LogP contribution in [-0.2, 0) is 9.84 Å². The number of benzene rings is 1. The molecular weight excluding hydrogens is 318 g/mol. The van der Waals surface area contributed by atoms with E-state index in [0.29, 0.717) is 43.0 Å². The van der Waals surface area contributed by atoms with Crippen LogP contribution in [0.3, 0.4) is 0 Å². The molecule has 0 radical (unpaired) electrons. The molecule has 0 saturated carbocycles. The molecule has 1 amide bonds. The third kappa shape index (κ3) is 4.37. The topological polar surface area (TPSA) is 72.9 Å². The fourth-order valence-corrected chi connectivity index (χ4v) is 4.14. The maximum Gasteiger partial charge on any atom is 0.261 e. The Morgan fingerprint density at radius 2 is 1.70 bits per heavy atom. The van der Waals surface area contributed by atoms with E-state index in [-0.39, 0.29) is 17.6 Å². The summed E-state index contributed by atoms with van der Waals surface area (Å²) in [6.07, 6.45) is 2.64. The van der Waals surface area contributed by atoms with Crippen LogP contribution < -0.4 is 9.47 Å². The molecule has 1 saturated heterocycles. The van der Waals surface area contributed by atoms with Gasteiger partial charge in [0.25, 0.3) is 5.91 Å². The molecule has 0 spiro atoms. The molecule has 6 nitrogen and oxygen atoms in total. The minimum Gasteiger partial charge on any atom is -0.496 e. The fraction of sp³-hybridized carbons (Fsp3) is 0.562. The average Bonchev–Trinajstić information content (AvgIpc) is 2.52. The lowest BCUT2D eigenvalue weighted by atomic mass is 9.98. The van der Waals surface area contributed by atoms with Gasteiger partial charge in [-0.2, -0.15) is 0 Å². The van der Waals surface area contributed by atoms with E-state index in [1.165, 1.54) is 20.5 Å². The lowest BCUT2D eigenvalue weighted by molar-refractivity contribution is 0.0691. The number of carbonyl (C=O) groups excluding carboxylic acids is 1. The Labute approximate surface area is 137 Å².